The molecule has 3 aromatic rings. The third kappa shape index (κ3) is 3.89. The summed E-state index contributed by atoms with van der Waals surface area (Å²) in [5, 5.41) is 20.1. The molecule has 3 aromatic carbocycles. The summed E-state index contributed by atoms with van der Waals surface area (Å²) >= 11 is 24.1. The third-order valence-electron chi connectivity index (χ3n) is 4.36. The zero-order chi connectivity index (χ0) is 21.6. The molecule has 3 rings (SSSR count). The van der Waals surface area contributed by atoms with Crippen molar-refractivity contribution >= 4 is 56.5 Å². The molecule has 0 heterocycles. The van der Waals surface area contributed by atoms with Gasteiger partial charge in [-0.25, -0.2) is 0 Å². The van der Waals surface area contributed by atoms with Crippen LogP contribution in [0.15, 0.2) is 54.6 Å². The van der Waals surface area contributed by atoms with Crippen LogP contribution in [0.1, 0.15) is 16.7 Å². The van der Waals surface area contributed by atoms with Gasteiger partial charge in [-0.15, -0.1) is 0 Å². The van der Waals surface area contributed by atoms with E-state index in [1.54, 1.807) is 0 Å². The molecule has 10 heteroatoms. The standard InChI is InChI=1S/C19H12Cl4O5S/c20-13-3-1-10(2-4-13)19(29(26,27)28,11-5-14(21)9-15(22)6-11)12-7-16(23)18(25)17(24)8-12/h1-9,24-25H,(H,26,27,28). The fourth-order valence-corrected chi connectivity index (χ4v) is 5.31. The van der Waals surface area contributed by atoms with E-state index in [4.69, 9.17) is 46.4 Å². The first-order valence-corrected chi connectivity index (χ1v) is 10.8. The van der Waals surface area contributed by atoms with E-state index >= 15 is 0 Å². The minimum atomic E-state index is -4.99. The van der Waals surface area contributed by atoms with Gasteiger partial charge in [0.25, 0.3) is 10.1 Å². The largest absolute Gasteiger partial charge is 0.504 e. The van der Waals surface area contributed by atoms with Crippen LogP contribution in [0.2, 0.25) is 20.1 Å². The Morgan fingerprint density at radius 3 is 1.69 bits per heavy atom. The van der Waals surface area contributed by atoms with Crippen LogP contribution in [0.5, 0.6) is 11.5 Å². The van der Waals surface area contributed by atoms with E-state index in [1.807, 2.05) is 0 Å². The summed E-state index contributed by atoms with van der Waals surface area (Å²) in [7, 11) is -4.99. The van der Waals surface area contributed by atoms with Gasteiger partial charge in [0.15, 0.2) is 16.2 Å². The van der Waals surface area contributed by atoms with Gasteiger partial charge in [-0.1, -0.05) is 58.5 Å². The Morgan fingerprint density at radius 1 is 0.690 bits per heavy atom. The van der Waals surface area contributed by atoms with Gasteiger partial charge in [0, 0.05) is 15.1 Å². The van der Waals surface area contributed by atoms with Crippen LogP contribution in [0.25, 0.3) is 0 Å². The summed E-state index contributed by atoms with van der Waals surface area (Å²) in [5.74, 6) is -1.32. The van der Waals surface area contributed by atoms with E-state index in [-0.39, 0.29) is 31.8 Å². The van der Waals surface area contributed by atoms with Crippen LogP contribution in [-0.2, 0) is 14.9 Å². The Bertz CT molecular complexity index is 1150. The van der Waals surface area contributed by atoms with Crippen molar-refractivity contribution in [3.05, 3.63) is 91.4 Å². The number of phenols is 2. The molecule has 0 bridgehead atoms. The van der Waals surface area contributed by atoms with Gasteiger partial charge in [-0.2, -0.15) is 8.42 Å². The quantitative estimate of drug-likeness (QED) is 0.239. The monoisotopic (exact) mass is 492 g/mol. The Balaban J connectivity index is 2.56. The molecule has 1 atom stereocenters. The number of aromatic hydroxyl groups is 2. The predicted octanol–water partition coefficient (Wildman–Crippen LogP) is 5.89. The van der Waals surface area contributed by atoms with Gasteiger partial charge in [0.2, 0.25) is 0 Å². The van der Waals surface area contributed by atoms with Gasteiger partial charge in [-0.3, -0.25) is 4.55 Å². The second-order valence-electron chi connectivity index (χ2n) is 6.15. The van der Waals surface area contributed by atoms with Crippen molar-refractivity contribution in [2.45, 2.75) is 4.75 Å². The first kappa shape index (κ1) is 22.0. The average molecular weight is 494 g/mol. The average Bonchev–Trinajstić information content (AvgIpc) is 2.59. The Kier molecular flexibility index (Phi) is 5.98. The lowest BCUT2D eigenvalue weighted by atomic mass is 9.83. The molecule has 5 nitrogen and oxygen atoms in total. The minimum absolute atomic E-state index is 0.0130. The molecule has 152 valence electrons. The molecule has 0 saturated carbocycles. The molecule has 0 aliphatic rings. The van der Waals surface area contributed by atoms with Crippen molar-refractivity contribution in [1.82, 2.24) is 0 Å². The zero-order valence-corrected chi connectivity index (χ0v) is 18.1. The van der Waals surface area contributed by atoms with Crippen LogP contribution < -0.4 is 0 Å². The maximum atomic E-state index is 12.9. The summed E-state index contributed by atoms with van der Waals surface area (Å²) in [4.78, 5) is 0. The van der Waals surface area contributed by atoms with Gasteiger partial charge >= 0.3 is 0 Å². The number of phenolic OH excluding ortho intramolecular Hbond substituents is 2. The summed E-state index contributed by atoms with van der Waals surface area (Å²) in [6.45, 7) is 0. The molecule has 0 aliphatic heterocycles. The topological polar surface area (TPSA) is 94.8 Å². The van der Waals surface area contributed by atoms with Crippen LogP contribution in [0.3, 0.4) is 0 Å². The van der Waals surface area contributed by atoms with Crippen LogP contribution in [0, 0.1) is 0 Å². The second kappa shape index (κ2) is 7.87. The van der Waals surface area contributed by atoms with Gasteiger partial charge in [-0.05, 0) is 59.2 Å². The molecular formula is C19H12Cl4O5S. The molecular weight excluding hydrogens is 482 g/mol. The summed E-state index contributed by atoms with van der Waals surface area (Å²) in [6, 6.07) is 11.8. The lowest BCUT2D eigenvalue weighted by Gasteiger charge is -2.33. The van der Waals surface area contributed by atoms with Gasteiger partial charge < -0.3 is 10.2 Å². The lowest BCUT2D eigenvalue weighted by Crippen LogP contribution is -2.38. The first-order chi connectivity index (χ1) is 13.5. The van der Waals surface area contributed by atoms with Gasteiger partial charge in [0.1, 0.15) is 0 Å². The summed E-state index contributed by atoms with van der Waals surface area (Å²) in [6.07, 6.45) is 0. The maximum absolute atomic E-state index is 12.9. The number of halogens is 4. The molecule has 1 unspecified atom stereocenters. The highest BCUT2D eigenvalue weighted by molar-refractivity contribution is 7.87. The van der Waals surface area contributed by atoms with Crippen molar-refractivity contribution in [2.75, 3.05) is 0 Å². The molecule has 0 aromatic heterocycles. The van der Waals surface area contributed by atoms with E-state index in [1.165, 1.54) is 42.5 Å². The SMILES string of the molecule is O=S(=O)(O)C(c1ccc(Cl)cc1)(c1cc(Cl)cc(Cl)c1)c1cc(O)c(O)c(Cl)c1. The van der Waals surface area contributed by atoms with Crippen LogP contribution in [0.4, 0.5) is 0 Å². The second-order valence-corrected chi connectivity index (χ2v) is 9.43. The molecule has 0 amide bonds. The molecule has 0 radical (unpaired) electrons. The first-order valence-electron chi connectivity index (χ1n) is 7.88. The highest BCUT2D eigenvalue weighted by Crippen LogP contribution is 2.48. The predicted molar refractivity (Wildman–Crippen MR) is 114 cm³/mol. The fraction of sp³-hybridized carbons (Fsp3) is 0.0526. The van der Waals surface area contributed by atoms with Crippen molar-refractivity contribution in [3.63, 3.8) is 0 Å². The van der Waals surface area contributed by atoms with Crippen molar-refractivity contribution in [1.29, 1.82) is 0 Å². The molecule has 29 heavy (non-hydrogen) atoms. The van der Waals surface area contributed by atoms with E-state index in [0.29, 0.717) is 5.02 Å². The highest BCUT2D eigenvalue weighted by Gasteiger charge is 2.49. The molecule has 0 spiro atoms. The van der Waals surface area contributed by atoms with Crippen LogP contribution >= 0.6 is 46.4 Å². The van der Waals surface area contributed by atoms with Gasteiger partial charge in [0.05, 0.1) is 5.02 Å². The minimum Gasteiger partial charge on any atom is -0.504 e. The number of benzene rings is 3. The van der Waals surface area contributed by atoms with E-state index in [0.717, 1.165) is 12.1 Å². The molecule has 3 N–H and O–H groups in total. The summed E-state index contributed by atoms with van der Waals surface area (Å²) in [5.41, 5.74) is -0.0918. The number of rotatable bonds is 4. The number of hydrogen-bond donors (Lipinski definition) is 3. The number of hydrogen-bond acceptors (Lipinski definition) is 4. The highest BCUT2D eigenvalue weighted by atomic mass is 35.5. The van der Waals surface area contributed by atoms with Crippen LogP contribution in [-0.4, -0.2) is 23.2 Å². The molecule has 0 saturated heterocycles. The Hall–Kier alpha value is -1.67. The fourth-order valence-electron chi connectivity index (χ4n) is 3.18. The van der Waals surface area contributed by atoms with Crippen molar-refractivity contribution in [3.8, 4) is 11.5 Å². The molecule has 0 fully saturated rings. The molecule has 0 aliphatic carbocycles. The summed E-state index contributed by atoms with van der Waals surface area (Å²) < 4.78 is 34.0. The van der Waals surface area contributed by atoms with E-state index < -0.39 is 26.4 Å². The Labute approximate surface area is 186 Å². The van der Waals surface area contributed by atoms with E-state index in [2.05, 4.69) is 0 Å². The third-order valence-corrected chi connectivity index (χ3v) is 6.81. The normalized spacial score (nSPS) is 13.8. The zero-order valence-electron chi connectivity index (χ0n) is 14.3. The lowest BCUT2D eigenvalue weighted by molar-refractivity contribution is 0.402. The van der Waals surface area contributed by atoms with E-state index in [9.17, 15) is 23.2 Å². The van der Waals surface area contributed by atoms with Crippen molar-refractivity contribution < 1.29 is 23.2 Å². The Morgan fingerprint density at radius 2 is 1.21 bits per heavy atom. The van der Waals surface area contributed by atoms with Crippen molar-refractivity contribution in [2.24, 2.45) is 0 Å². The smallest absolute Gasteiger partial charge is 0.283 e. The maximum Gasteiger partial charge on any atom is 0.283 e.